The average Bonchev–Trinajstić information content (AvgIpc) is 2.77. The largest absolute Gasteiger partial charge is 0.331 e. The van der Waals surface area contributed by atoms with Crippen molar-refractivity contribution in [2.45, 2.75) is 0 Å². The Morgan fingerprint density at radius 2 is 2.27 bits per heavy atom. The summed E-state index contributed by atoms with van der Waals surface area (Å²) in [5.41, 5.74) is 2.01. The average molecular weight is 218 g/mol. The fraction of sp³-hybridized carbons (Fsp3) is 0. The Hall–Kier alpha value is -1.74. The van der Waals surface area contributed by atoms with Crippen LogP contribution >= 0.6 is 11.6 Å². The second-order valence-corrected chi connectivity index (χ2v) is 3.73. The van der Waals surface area contributed by atoms with Gasteiger partial charge in [0, 0.05) is 17.8 Å². The van der Waals surface area contributed by atoms with Gasteiger partial charge in [-0.1, -0.05) is 11.6 Å². The first-order chi connectivity index (χ1) is 7.34. The smallest absolute Gasteiger partial charge is 0.123 e. The molecule has 0 saturated heterocycles. The number of fused-ring (bicyclic) bond motifs is 1. The summed E-state index contributed by atoms with van der Waals surface area (Å²) in [6, 6.07) is 7.83. The van der Waals surface area contributed by atoms with E-state index in [1.807, 2.05) is 41.2 Å². The number of hydrogen-bond acceptors (Lipinski definition) is 1. The Bertz CT molecular complexity index is 595. The molecule has 0 aliphatic carbocycles. The Kier molecular flexibility index (Phi) is 1.79. The summed E-state index contributed by atoms with van der Waals surface area (Å²) in [5, 5.41) is 1.75. The zero-order chi connectivity index (χ0) is 10.3. The summed E-state index contributed by atoms with van der Waals surface area (Å²) < 4.78 is 2.02. The molecule has 0 unspecified atom stereocenters. The van der Waals surface area contributed by atoms with Gasteiger partial charge in [-0.15, -0.1) is 0 Å². The van der Waals surface area contributed by atoms with Crippen LogP contribution in [0, 0.1) is 0 Å². The normalized spacial score (nSPS) is 11.0. The summed E-state index contributed by atoms with van der Waals surface area (Å²) >= 11 is 5.90. The summed E-state index contributed by atoms with van der Waals surface area (Å²) in [5.74, 6) is 0. The number of H-pyrrole nitrogens is 1. The van der Waals surface area contributed by atoms with Gasteiger partial charge in [-0.2, -0.15) is 0 Å². The molecule has 0 radical (unpaired) electrons. The van der Waals surface area contributed by atoms with E-state index in [9.17, 15) is 0 Å². The maximum atomic E-state index is 5.90. The highest BCUT2D eigenvalue weighted by Crippen LogP contribution is 2.22. The van der Waals surface area contributed by atoms with E-state index in [1.54, 1.807) is 6.20 Å². The summed E-state index contributed by atoms with van der Waals surface area (Å²) in [7, 11) is 0. The van der Waals surface area contributed by atoms with E-state index in [0.29, 0.717) is 5.15 Å². The molecule has 3 nitrogen and oxygen atoms in total. The number of aromatic nitrogens is 3. The lowest BCUT2D eigenvalue weighted by Gasteiger charge is -2.01. The third-order valence-electron chi connectivity index (χ3n) is 2.36. The topological polar surface area (TPSA) is 33.6 Å². The molecule has 0 aromatic carbocycles. The number of nitrogens with zero attached hydrogens (tertiary/aromatic N) is 2. The Balaban J connectivity index is 2.27. The fourth-order valence-corrected chi connectivity index (χ4v) is 1.90. The summed E-state index contributed by atoms with van der Waals surface area (Å²) in [4.78, 5) is 7.19. The first kappa shape index (κ1) is 8.56. The van der Waals surface area contributed by atoms with Crippen molar-refractivity contribution in [3.8, 4) is 5.69 Å². The molecule has 0 aliphatic rings. The van der Waals surface area contributed by atoms with Crippen LogP contribution in [0.5, 0.6) is 0 Å². The molecule has 15 heavy (non-hydrogen) atoms. The summed E-state index contributed by atoms with van der Waals surface area (Å²) in [6.07, 6.45) is 5.56. The maximum Gasteiger partial charge on any atom is 0.123 e. The minimum Gasteiger partial charge on any atom is -0.331 e. The Morgan fingerprint density at radius 1 is 1.33 bits per heavy atom. The lowest BCUT2D eigenvalue weighted by molar-refractivity contribution is 1.08. The van der Waals surface area contributed by atoms with Crippen LogP contribution in [0.2, 0.25) is 5.15 Å². The van der Waals surface area contributed by atoms with E-state index in [1.165, 1.54) is 0 Å². The first-order valence-corrected chi connectivity index (χ1v) is 4.98. The third-order valence-corrected chi connectivity index (χ3v) is 2.57. The standard InChI is InChI=1S/C11H8ClN3/c12-10-6-8-3-5-15(11(8)14-10)9-2-1-4-13-7-9/h1-7,14H. The SMILES string of the molecule is Clc1cc2ccn(-c3cccnc3)c2[nH]1. The fourth-order valence-electron chi connectivity index (χ4n) is 1.69. The summed E-state index contributed by atoms with van der Waals surface area (Å²) in [6.45, 7) is 0. The van der Waals surface area contributed by atoms with E-state index < -0.39 is 0 Å². The molecule has 0 saturated carbocycles. The van der Waals surface area contributed by atoms with Gasteiger partial charge in [0.1, 0.15) is 10.8 Å². The van der Waals surface area contributed by atoms with Crippen molar-refractivity contribution in [2.24, 2.45) is 0 Å². The highest BCUT2D eigenvalue weighted by Gasteiger charge is 2.05. The molecule has 1 N–H and O–H groups in total. The van der Waals surface area contributed by atoms with Crippen LogP contribution < -0.4 is 0 Å². The predicted octanol–water partition coefficient (Wildman–Crippen LogP) is 3.01. The van der Waals surface area contributed by atoms with Crippen LogP contribution in [0.3, 0.4) is 0 Å². The van der Waals surface area contributed by atoms with E-state index >= 15 is 0 Å². The molecule has 0 fully saturated rings. The van der Waals surface area contributed by atoms with E-state index in [2.05, 4.69) is 9.97 Å². The van der Waals surface area contributed by atoms with Gasteiger partial charge in [0.2, 0.25) is 0 Å². The molecule has 3 aromatic rings. The molecule has 0 bridgehead atoms. The Morgan fingerprint density at radius 3 is 3.07 bits per heavy atom. The maximum absolute atomic E-state index is 5.90. The van der Waals surface area contributed by atoms with Crippen LogP contribution in [0.15, 0.2) is 42.9 Å². The van der Waals surface area contributed by atoms with E-state index in [0.717, 1.165) is 16.7 Å². The van der Waals surface area contributed by atoms with Crippen molar-refractivity contribution in [1.29, 1.82) is 0 Å². The van der Waals surface area contributed by atoms with Crippen LogP contribution in [0.1, 0.15) is 0 Å². The molecule has 0 aliphatic heterocycles. The number of aromatic amines is 1. The van der Waals surface area contributed by atoms with Gasteiger partial charge in [0.25, 0.3) is 0 Å². The number of pyridine rings is 1. The lowest BCUT2D eigenvalue weighted by Crippen LogP contribution is -1.92. The van der Waals surface area contributed by atoms with Gasteiger partial charge < -0.3 is 9.55 Å². The van der Waals surface area contributed by atoms with Crippen LogP contribution in [-0.4, -0.2) is 14.5 Å². The second kappa shape index (κ2) is 3.14. The molecule has 0 amide bonds. The van der Waals surface area contributed by atoms with Crippen LogP contribution in [-0.2, 0) is 0 Å². The monoisotopic (exact) mass is 217 g/mol. The highest BCUT2D eigenvalue weighted by atomic mass is 35.5. The molecule has 4 heteroatoms. The molecule has 74 valence electrons. The predicted molar refractivity (Wildman–Crippen MR) is 60.4 cm³/mol. The van der Waals surface area contributed by atoms with Gasteiger partial charge in [0.15, 0.2) is 0 Å². The van der Waals surface area contributed by atoms with Gasteiger partial charge in [-0.05, 0) is 24.3 Å². The number of halogens is 1. The zero-order valence-corrected chi connectivity index (χ0v) is 8.57. The number of hydrogen-bond donors (Lipinski definition) is 1. The zero-order valence-electron chi connectivity index (χ0n) is 7.81. The van der Waals surface area contributed by atoms with Gasteiger partial charge >= 0.3 is 0 Å². The molecule has 3 rings (SSSR count). The molecule has 3 heterocycles. The quantitative estimate of drug-likeness (QED) is 0.668. The molecule has 0 spiro atoms. The number of nitrogens with one attached hydrogen (secondary N) is 1. The number of rotatable bonds is 1. The van der Waals surface area contributed by atoms with E-state index in [4.69, 9.17) is 11.6 Å². The van der Waals surface area contributed by atoms with Crippen molar-refractivity contribution >= 4 is 22.6 Å². The molecular weight excluding hydrogens is 210 g/mol. The van der Waals surface area contributed by atoms with Crippen LogP contribution in [0.4, 0.5) is 0 Å². The Labute approximate surface area is 91.3 Å². The third kappa shape index (κ3) is 1.32. The highest BCUT2D eigenvalue weighted by molar-refractivity contribution is 6.30. The van der Waals surface area contributed by atoms with Crippen molar-refractivity contribution < 1.29 is 0 Å². The van der Waals surface area contributed by atoms with Crippen LogP contribution in [0.25, 0.3) is 16.7 Å². The molecule has 3 aromatic heterocycles. The van der Waals surface area contributed by atoms with Crippen molar-refractivity contribution in [3.05, 3.63) is 48.0 Å². The minimum atomic E-state index is 0.651. The second-order valence-electron chi connectivity index (χ2n) is 3.32. The molecular formula is C11H8ClN3. The van der Waals surface area contributed by atoms with Crippen molar-refractivity contribution in [2.75, 3.05) is 0 Å². The molecule has 0 atom stereocenters. The first-order valence-electron chi connectivity index (χ1n) is 4.60. The van der Waals surface area contributed by atoms with Crippen molar-refractivity contribution in [3.63, 3.8) is 0 Å². The van der Waals surface area contributed by atoms with Crippen molar-refractivity contribution in [1.82, 2.24) is 14.5 Å². The van der Waals surface area contributed by atoms with Gasteiger partial charge in [-0.3, -0.25) is 4.98 Å². The van der Waals surface area contributed by atoms with E-state index in [-0.39, 0.29) is 0 Å². The minimum absolute atomic E-state index is 0.651. The van der Waals surface area contributed by atoms with Gasteiger partial charge in [-0.25, -0.2) is 0 Å². The lowest BCUT2D eigenvalue weighted by atomic mass is 10.4. The van der Waals surface area contributed by atoms with Gasteiger partial charge in [0.05, 0.1) is 11.9 Å².